The van der Waals surface area contributed by atoms with Gasteiger partial charge in [-0.2, -0.15) is 0 Å². The molecular weight excluding hydrogens is 354 g/mol. The van der Waals surface area contributed by atoms with E-state index in [1.54, 1.807) is 17.0 Å². The van der Waals surface area contributed by atoms with Crippen molar-refractivity contribution < 1.29 is 9.18 Å². The molecule has 0 aliphatic heterocycles. The number of allylic oxidation sites excluding steroid dienone is 1. The molecule has 0 atom stereocenters. The minimum absolute atomic E-state index is 0.0359. The lowest BCUT2D eigenvalue weighted by molar-refractivity contribution is 0.102. The van der Waals surface area contributed by atoms with Crippen molar-refractivity contribution in [2.24, 2.45) is 0 Å². The summed E-state index contributed by atoms with van der Waals surface area (Å²) < 4.78 is 14.7. The first-order valence-electron chi connectivity index (χ1n) is 6.89. The number of hydrogen-bond donors (Lipinski definition) is 1. The molecule has 5 nitrogen and oxygen atoms in total. The smallest absolute Gasteiger partial charge is 0.255 e. The maximum absolute atomic E-state index is 13.0. The monoisotopic (exact) mass is 364 g/mol. The number of hydrogen-bond acceptors (Lipinski definition) is 3. The van der Waals surface area contributed by atoms with E-state index in [4.69, 9.17) is 23.2 Å². The molecule has 2 aromatic heterocycles. The SMILES string of the molecule is C=CCn1cnc2c(Cl)nc(Cl)c(NC(=O)c3ccc(F)cc3)c21. The second kappa shape index (κ2) is 6.59. The van der Waals surface area contributed by atoms with Crippen molar-refractivity contribution in [2.75, 3.05) is 5.32 Å². The number of nitrogens with zero attached hydrogens (tertiary/aromatic N) is 3. The number of pyridine rings is 1. The van der Waals surface area contributed by atoms with Crippen molar-refractivity contribution in [2.45, 2.75) is 6.54 Å². The highest BCUT2D eigenvalue weighted by Crippen LogP contribution is 2.33. The molecule has 0 fully saturated rings. The molecule has 0 bridgehead atoms. The Balaban J connectivity index is 2.08. The fraction of sp³-hybridized carbons (Fsp3) is 0.0625. The fourth-order valence-electron chi connectivity index (χ4n) is 2.26. The normalized spacial score (nSPS) is 10.8. The Hall–Kier alpha value is -2.44. The van der Waals surface area contributed by atoms with E-state index in [1.807, 2.05) is 0 Å². The van der Waals surface area contributed by atoms with Crippen molar-refractivity contribution >= 4 is 45.8 Å². The average Bonchev–Trinajstić information content (AvgIpc) is 2.96. The Labute approximate surface area is 146 Å². The maximum atomic E-state index is 13.0. The second-order valence-electron chi connectivity index (χ2n) is 4.91. The van der Waals surface area contributed by atoms with Crippen LogP contribution in [-0.2, 0) is 6.54 Å². The maximum Gasteiger partial charge on any atom is 0.255 e. The first-order chi connectivity index (χ1) is 11.5. The van der Waals surface area contributed by atoms with Gasteiger partial charge < -0.3 is 9.88 Å². The standard InChI is InChI=1S/C16H11Cl2FN4O/c1-2-7-23-8-20-11-13(23)12(15(18)22-14(11)17)21-16(24)9-3-5-10(19)6-4-9/h2-6,8H,1,7H2,(H,21,24). The van der Waals surface area contributed by atoms with E-state index in [1.165, 1.54) is 24.3 Å². The zero-order valence-electron chi connectivity index (χ0n) is 12.3. The molecule has 0 unspecified atom stereocenters. The van der Waals surface area contributed by atoms with E-state index < -0.39 is 11.7 Å². The molecule has 1 aromatic carbocycles. The van der Waals surface area contributed by atoms with E-state index in [9.17, 15) is 9.18 Å². The van der Waals surface area contributed by atoms with Crippen LogP contribution < -0.4 is 5.32 Å². The topological polar surface area (TPSA) is 59.8 Å². The summed E-state index contributed by atoms with van der Waals surface area (Å²) >= 11 is 12.2. The van der Waals surface area contributed by atoms with Gasteiger partial charge in [0.05, 0.1) is 11.8 Å². The van der Waals surface area contributed by atoms with Crippen LogP contribution in [0.15, 0.2) is 43.2 Å². The molecule has 122 valence electrons. The van der Waals surface area contributed by atoms with Crippen molar-refractivity contribution in [1.29, 1.82) is 0 Å². The van der Waals surface area contributed by atoms with Crippen LogP contribution in [0.5, 0.6) is 0 Å². The van der Waals surface area contributed by atoms with Gasteiger partial charge in [-0.3, -0.25) is 4.79 Å². The summed E-state index contributed by atoms with van der Waals surface area (Å²) in [6.07, 6.45) is 3.23. The zero-order chi connectivity index (χ0) is 17.3. The Morgan fingerprint density at radius 1 is 1.29 bits per heavy atom. The quantitative estimate of drug-likeness (QED) is 0.554. The van der Waals surface area contributed by atoms with Crippen molar-refractivity contribution in [3.05, 3.63) is 64.9 Å². The number of fused-ring (bicyclic) bond motifs is 1. The molecule has 0 aliphatic carbocycles. The van der Waals surface area contributed by atoms with Gasteiger partial charge in [0.2, 0.25) is 0 Å². The Morgan fingerprint density at radius 3 is 2.67 bits per heavy atom. The van der Waals surface area contributed by atoms with Gasteiger partial charge in [0.15, 0.2) is 10.3 Å². The molecule has 0 saturated carbocycles. The van der Waals surface area contributed by atoms with E-state index in [2.05, 4.69) is 21.9 Å². The van der Waals surface area contributed by atoms with Gasteiger partial charge in [-0.15, -0.1) is 6.58 Å². The minimum Gasteiger partial charge on any atom is -0.325 e. The summed E-state index contributed by atoms with van der Waals surface area (Å²) in [6.45, 7) is 4.13. The first-order valence-corrected chi connectivity index (χ1v) is 7.64. The van der Waals surface area contributed by atoms with Gasteiger partial charge in [0, 0.05) is 12.1 Å². The van der Waals surface area contributed by atoms with E-state index in [0.29, 0.717) is 17.6 Å². The molecule has 1 amide bonds. The van der Waals surface area contributed by atoms with Crippen LogP contribution >= 0.6 is 23.2 Å². The summed E-state index contributed by atoms with van der Waals surface area (Å²) in [4.78, 5) is 20.6. The van der Waals surface area contributed by atoms with E-state index in [0.717, 1.165) is 0 Å². The van der Waals surface area contributed by atoms with Gasteiger partial charge in [0.1, 0.15) is 17.0 Å². The Morgan fingerprint density at radius 2 is 2.00 bits per heavy atom. The minimum atomic E-state index is -0.450. The number of rotatable bonds is 4. The highest BCUT2D eigenvalue weighted by Gasteiger charge is 2.19. The van der Waals surface area contributed by atoms with Gasteiger partial charge in [-0.25, -0.2) is 14.4 Å². The number of carbonyl (C=O) groups is 1. The molecular formula is C16H11Cl2FN4O. The van der Waals surface area contributed by atoms with E-state index >= 15 is 0 Å². The molecule has 0 aliphatic rings. The molecule has 2 heterocycles. The summed E-state index contributed by atoms with van der Waals surface area (Å²) in [5.41, 5.74) is 1.52. The van der Waals surface area contributed by atoms with Gasteiger partial charge >= 0.3 is 0 Å². The van der Waals surface area contributed by atoms with Crippen LogP contribution in [0.25, 0.3) is 11.0 Å². The highest BCUT2D eigenvalue weighted by molar-refractivity contribution is 6.38. The van der Waals surface area contributed by atoms with Crippen LogP contribution in [0.3, 0.4) is 0 Å². The van der Waals surface area contributed by atoms with Crippen LogP contribution in [0, 0.1) is 5.82 Å². The third-order valence-electron chi connectivity index (χ3n) is 3.34. The van der Waals surface area contributed by atoms with Gasteiger partial charge in [-0.05, 0) is 24.3 Å². The fourth-order valence-corrected chi connectivity index (χ4v) is 2.75. The van der Waals surface area contributed by atoms with Crippen LogP contribution in [0.2, 0.25) is 10.3 Å². The summed E-state index contributed by atoms with van der Waals surface area (Å²) in [5, 5.41) is 2.86. The predicted molar refractivity (Wildman–Crippen MR) is 92.1 cm³/mol. The average molecular weight is 365 g/mol. The summed E-state index contributed by atoms with van der Waals surface area (Å²) in [7, 11) is 0. The van der Waals surface area contributed by atoms with E-state index in [-0.39, 0.29) is 21.6 Å². The van der Waals surface area contributed by atoms with Gasteiger partial charge in [0.25, 0.3) is 5.91 Å². The molecule has 24 heavy (non-hydrogen) atoms. The Kier molecular flexibility index (Phi) is 4.51. The molecule has 8 heteroatoms. The molecule has 0 spiro atoms. The highest BCUT2D eigenvalue weighted by atomic mass is 35.5. The number of anilines is 1. The number of halogens is 3. The molecule has 0 saturated heterocycles. The number of aromatic nitrogens is 3. The lowest BCUT2D eigenvalue weighted by Gasteiger charge is -2.11. The van der Waals surface area contributed by atoms with Crippen molar-refractivity contribution in [3.63, 3.8) is 0 Å². The first kappa shape index (κ1) is 16.4. The van der Waals surface area contributed by atoms with Crippen LogP contribution in [-0.4, -0.2) is 20.4 Å². The summed E-state index contributed by atoms with van der Waals surface area (Å²) in [5.74, 6) is -0.877. The molecule has 1 N–H and O–H groups in total. The number of imidazole rings is 1. The Bertz CT molecular complexity index is 937. The molecule has 3 rings (SSSR count). The largest absolute Gasteiger partial charge is 0.325 e. The van der Waals surface area contributed by atoms with Crippen LogP contribution in [0.1, 0.15) is 10.4 Å². The number of carbonyl (C=O) groups excluding carboxylic acids is 1. The lowest BCUT2D eigenvalue weighted by atomic mass is 10.2. The molecule has 3 aromatic rings. The number of nitrogens with one attached hydrogen (secondary N) is 1. The molecule has 0 radical (unpaired) electrons. The van der Waals surface area contributed by atoms with Crippen molar-refractivity contribution in [3.8, 4) is 0 Å². The summed E-state index contributed by atoms with van der Waals surface area (Å²) in [6, 6.07) is 5.16. The van der Waals surface area contributed by atoms with Crippen LogP contribution in [0.4, 0.5) is 10.1 Å². The number of amides is 1. The van der Waals surface area contributed by atoms with Crippen molar-refractivity contribution in [1.82, 2.24) is 14.5 Å². The third-order valence-corrected chi connectivity index (χ3v) is 3.88. The third kappa shape index (κ3) is 2.98. The second-order valence-corrected chi connectivity index (χ2v) is 5.63. The van der Waals surface area contributed by atoms with Gasteiger partial charge in [-0.1, -0.05) is 29.3 Å². The zero-order valence-corrected chi connectivity index (χ0v) is 13.8. The predicted octanol–water partition coefficient (Wildman–Crippen LogP) is 4.32. The lowest BCUT2D eigenvalue weighted by Crippen LogP contribution is -2.14. The number of benzene rings is 1.